The van der Waals surface area contributed by atoms with Crippen molar-refractivity contribution in [1.82, 2.24) is 0 Å². The Morgan fingerprint density at radius 3 is 2.76 bits per heavy atom. The zero-order valence-corrected chi connectivity index (χ0v) is 15.2. The third-order valence-corrected chi connectivity index (χ3v) is 7.41. The van der Waals surface area contributed by atoms with Crippen molar-refractivity contribution < 1.29 is 12.6 Å². The summed E-state index contributed by atoms with van der Waals surface area (Å²) >= 11 is 0. The van der Waals surface area contributed by atoms with Crippen molar-refractivity contribution in [2.75, 3.05) is 0 Å². The lowest BCUT2D eigenvalue weighted by Crippen LogP contribution is -2.43. The normalized spacial score (nSPS) is 36.9. The Morgan fingerprint density at radius 2 is 2.04 bits per heavy atom. The summed E-state index contributed by atoms with van der Waals surface area (Å²) < 4.78 is 27.1. The molecule has 136 valence electrons. The first-order valence-corrected chi connectivity index (χ1v) is 10.5. The van der Waals surface area contributed by atoms with Crippen LogP contribution in [0.4, 0.5) is 0 Å². The molecule has 25 heavy (non-hydrogen) atoms. The summed E-state index contributed by atoms with van der Waals surface area (Å²) in [5.74, 6) is 1.91. The van der Waals surface area contributed by atoms with Crippen LogP contribution in [0.25, 0.3) is 0 Å². The third-order valence-electron chi connectivity index (χ3n) is 6.99. The Hall–Kier alpha value is -1.47. The molecule has 6 nitrogen and oxygen atoms in total. The average Bonchev–Trinajstić information content (AvgIpc) is 2.89. The van der Waals surface area contributed by atoms with E-state index in [0.29, 0.717) is 17.8 Å². The number of fused-ring (bicyclic) bond motifs is 5. The molecule has 0 radical (unpaired) electrons. The van der Waals surface area contributed by atoms with Gasteiger partial charge in [0.1, 0.15) is 5.75 Å². The highest BCUT2D eigenvalue weighted by atomic mass is 32.2. The zero-order valence-electron chi connectivity index (χ0n) is 14.3. The molecule has 5 atom stereocenters. The van der Waals surface area contributed by atoms with Crippen LogP contribution in [0.1, 0.15) is 56.1 Å². The lowest BCUT2D eigenvalue weighted by atomic mass is 9.55. The first-order chi connectivity index (χ1) is 11.8. The molecule has 0 heterocycles. The topological polar surface area (TPSA) is 98.8 Å². The number of nitrogens with zero attached hydrogens (tertiary/aromatic N) is 1. The van der Waals surface area contributed by atoms with Gasteiger partial charge in [0.2, 0.25) is 0 Å². The second kappa shape index (κ2) is 5.77. The number of aryl methyl sites for hydroxylation is 1. The lowest BCUT2D eigenvalue weighted by molar-refractivity contribution is 0.0498. The highest BCUT2D eigenvalue weighted by Crippen LogP contribution is 2.61. The minimum Gasteiger partial charge on any atom is -0.371 e. The van der Waals surface area contributed by atoms with Gasteiger partial charge in [-0.05, 0) is 85.0 Å². The van der Waals surface area contributed by atoms with Crippen LogP contribution < -0.4 is 9.32 Å². The molecule has 3 aliphatic carbocycles. The fourth-order valence-electron chi connectivity index (χ4n) is 5.89. The van der Waals surface area contributed by atoms with Crippen molar-refractivity contribution in [2.45, 2.75) is 57.4 Å². The summed E-state index contributed by atoms with van der Waals surface area (Å²) in [7, 11) is -4.00. The Labute approximate surface area is 148 Å². The molecule has 4 rings (SSSR count). The Bertz CT molecular complexity index is 809. The van der Waals surface area contributed by atoms with Gasteiger partial charge in [-0.2, -0.15) is 18.5 Å². The van der Waals surface area contributed by atoms with Crippen LogP contribution in [0.2, 0.25) is 0 Å². The van der Waals surface area contributed by atoms with Gasteiger partial charge in [-0.1, -0.05) is 18.2 Å². The SMILES string of the molecule is C[C@]12CCC3c4ccc(OS(N)(=O)=O)cc4CCC3C1CCC2N=O. The number of rotatable bonds is 3. The summed E-state index contributed by atoms with van der Waals surface area (Å²) in [4.78, 5) is 11.3. The van der Waals surface area contributed by atoms with Gasteiger partial charge in [0.05, 0.1) is 6.04 Å². The first kappa shape index (κ1) is 17.0. The number of nitroso groups, excluding NO2 is 1. The smallest absolute Gasteiger partial charge is 0.371 e. The molecular formula is C18H24N2O4S. The molecule has 0 amide bonds. The predicted molar refractivity (Wildman–Crippen MR) is 94.4 cm³/mol. The van der Waals surface area contributed by atoms with E-state index in [0.717, 1.165) is 44.1 Å². The number of benzene rings is 1. The summed E-state index contributed by atoms with van der Waals surface area (Å²) in [6.07, 6.45) is 6.08. The first-order valence-electron chi connectivity index (χ1n) is 8.99. The van der Waals surface area contributed by atoms with E-state index in [1.165, 1.54) is 5.56 Å². The quantitative estimate of drug-likeness (QED) is 0.832. The Morgan fingerprint density at radius 1 is 1.24 bits per heavy atom. The highest BCUT2D eigenvalue weighted by molar-refractivity contribution is 7.84. The lowest BCUT2D eigenvalue weighted by Gasteiger charge is -2.49. The predicted octanol–water partition coefficient (Wildman–Crippen LogP) is 3.26. The maximum atomic E-state index is 11.3. The molecule has 0 aliphatic heterocycles. The maximum Gasteiger partial charge on any atom is 0.380 e. The fraction of sp³-hybridized carbons (Fsp3) is 0.667. The van der Waals surface area contributed by atoms with Crippen molar-refractivity contribution in [2.24, 2.45) is 27.6 Å². The molecule has 1 aromatic carbocycles. The van der Waals surface area contributed by atoms with Crippen LogP contribution in [0, 0.1) is 22.2 Å². The summed E-state index contributed by atoms with van der Waals surface area (Å²) in [6.45, 7) is 2.26. The number of hydrogen-bond acceptors (Lipinski definition) is 5. The van der Waals surface area contributed by atoms with Gasteiger partial charge in [0, 0.05) is 0 Å². The second-order valence-corrected chi connectivity index (χ2v) is 9.25. The van der Waals surface area contributed by atoms with E-state index in [4.69, 9.17) is 9.32 Å². The largest absolute Gasteiger partial charge is 0.380 e. The van der Waals surface area contributed by atoms with Gasteiger partial charge in [-0.15, -0.1) is 0 Å². The van der Waals surface area contributed by atoms with Gasteiger partial charge >= 0.3 is 10.3 Å². The van der Waals surface area contributed by atoms with E-state index < -0.39 is 10.3 Å². The molecular weight excluding hydrogens is 340 g/mol. The summed E-state index contributed by atoms with van der Waals surface area (Å²) in [5, 5.41) is 8.40. The molecule has 0 spiro atoms. The molecule has 1 aromatic rings. The molecule has 0 saturated heterocycles. The van der Waals surface area contributed by atoms with Crippen molar-refractivity contribution in [1.29, 1.82) is 0 Å². The molecule has 2 saturated carbocycles. The average molecular weight is 364 g/mol. The van der Waals surface area contributed by atoms with E-state index in [1.54, 1.807) is 6.07 Å². The van der Waals surface area contributed by atoms with Crippen molar-refractivity contribution >= 4 is 10.3 Å². The van der Waals surface area contributed by atoms with E-state index in [1.807, 2.05) is 12.1 Å². The van der Waals surface area contributed by atoms with Gasteiger partial charge in [-0.25, -0.2) is 0 Å². The molecule has 7 heteroatoms. The van der Waals surface area contributed by atoms with Crippen molar-refractivity contribution in [3.63, 3.8) is 0 Å². The molecule has 4 unspecified atom stereocenters. The number of hydrogen-bond donors (Lipinski definition) is 1. The maximum absolute atomic E-state index is 11.3. The summed E-state index contributed by atoms with van der Waals surface area (Å²) in [5.41, 5.74) is 2.52. The van der Waals surface area contributed by atoms with E-state index in [9.17, 15) is 13.3 Å². The van der Waals surface area contributed by atoms with Crippen LogP contribution in [0.3, 0.4) is 0 Å². The Balaban J connectivity index is 1.63. The highest BCUT2D eigenvalue weighted by Gasteiger charge is 2.55. The fourth-order valence-corrected chi connectivity index (χ4v) is 6.26. The van der Waals surface area contributed by atoms with Crippen molar-refractivity contribution in [3.8, 4) is 5.75 Å². The monoisotopic (exact) mass is 364 g/mol. The van der Waals surface area contributed by atoms with Gasteiger partial charge in [-0.3, -0.25) is 0 Å². The van der Waals surface area contributed by atoms with Crippen LogP contribution in [-0.4, -0.2) is 14.5 Å². The third kappa shape index (κ3) is 2.77. The molecule has 0 aromatic heterocycles. The van der Waals surface area contributed by atoms with E-state index in [2.05, 4.69) is 12.1 Å². The van der Waals surface area contributed by atoms with Gasteiger partial charge < -0.3 is 4.18 Å². The standard InChI is InChI=1S/C18H24N2O4S/c1-18-9-8-14-13-5-3-12(24-25(19,22)23)10-11(13)2-4-15(14)16(18)6-7-17(18)20-21/h3,5,10,14-17H,2,4,6-9H2,1H3,(H2,19,22,23)/t14?,15?,16?,17?,18-/m0/s1. The Kier molecular flexibility index (Phi) is 3.92. The van der Waals surface area contributed by atoms with E-state index >= 15 is 0 Å². The van der Waals surface area contributed by atoms with Crippen LogP contribution in [0.5, 0.6) is 5.75 Å². The second-order valence-electron chi connectivity index (χ2n) is 8.10. The van der Waals surface area contributed by atoms with E-state index in [-0.39, 0.29) is 17.2 Å². The van der Waals surface area contributed by atoms with Crippen molar-refractivity contribution in [3.05, 3.63) is 34.2 Å². The van der Waals surface area contributed by atoms with Gasteiger partial charge in [0.25, 0.3) is 0 Å². The van der Waals surface area contributed by atoms with Crippen LogP contribution in [-0.2, 0) is 16.7 Å². The molecule has 2 N–H and O–H groups in total. The van der Waals surface area contributed by atoms with Gasteiger partial charge in [0.15, 0.2) is 0 Å². The molecule has 3 aliphatic rings. The number of nitrogens with two attached hydrogens (primary N) is 1. The molecule has 0 bridgehead atoms. The zero-order chi connectivity index (χ0) is 17.8. The molecule has 2 fully saturated rings. The van der Waals surface area contributed by atoms with Crippen LogP contribution >= 0.6 is 0 Å². The minimum absolute atomic E-state index is 0.0367. The summed E-state index contributed by atoms with van der Waals surface area (Å²) in [6, 6.07) is 5.48. The van der Waals surface area contributed by atoms with Crippen LogP contribution in [0.15, 0.2) is 23.4 Å². The minimum atomic E-state index is -4.00.